The zero-order valence-corrected chi connectivity index (χ0v) is 12.0. The predicted molar refractivity (Wildman–Crippen MR) is 75.8 cm³/mol. The Morgan fingerprint density at radius 1 is 1.30 bits per heavy atom. The van der Waals surface area contributed by atoms with Gasteiger partial charge in [-0.15, -0.1) is 0 Å². The number of nitrogens with zero attached hydrogens (tertiary/aromatic N) is 1. The molecule has 0 saturated carbocycles. The number of hydrogen-bond acceptors (Lipinski definition) is 3. The highest BCUT2D eigenvalue weighted by Crippen LogP contribution is 2.20. The summed E-state index contributed by atoms with van der Waals surface area (Å²) in [6.45, 7) is 1.69. The quantitative estimate of drug-likeness (QED) is 0.903. The third-order valence-corrected chi connectivity index (χ3v) is 3.21. The van der Waals surface area contributed by atoms with Gasteiger partial charge in [0.2, 0.25) is 0 Å². The number of nitrogens with one attached hydrogen (secondary N) is 1. The number of aromatic nitrogens is 1. The lowest BCUT2D eigenvalue weighted by Gasteiger charge is -2.17. The molecular weight excluding hydrogens is 313 g/mol. The number of para-hydroxylation sites is 1. The molecule has 1 heterocycles. The minimum absolute atomic E-state index is 0.277. The van der Waals surface area contributed by atoms with Crippen molar-refractivity contribution >= 4 is 22.8 Å². The molecule has 122 valence electrons. The third-order valence-electron chi connectivity index (χ3n) is 3.21. The largest absolute Gasteiger partial charge is 0.480 e. The first-order valence-corrected chi connectivity index (χ1v) is 6.64. The van der Waals surface area contributed by atoms with Crippen LogP contribution in [0.15, 0.2) is 30.3 Å². The molecule has 1 atom stereocenters. The van der Waals surface area contributed by atoms with Crippen LogP contribution >= 0.6 is 0 Å². The number of carbonyl (C=O) groups excluding carboxylic acids is 1. The molecule has 2 aromatic rings. The normalized spacial score (nSPS) is 12.9. The number of amides is 1. The molecule has 0 radical (unpaired) electrons. The van der Waals surface area contributed by atoms with E-state index in [-0.39, 0.29) is 6.42 Å². The van der Waals surface area contributed by atoms with E-state index in [0.717, 1.165) is 0 Å². The van der Waals surface area contributed by atoms with E-state index in [1.807, 2.05) is 0 Å². The Morgan fingerprint density at radius 2 is 1.96 bits per heavy atom. The fourth-order valence-electron chi connectivity index (χ4n) is 2.22. The van der Waals surface area contributed by atoms with Crippen molar-refractivity contribution in [3.05, 3.63) is 41.6 Å². The van der Waals surface area contributed by atoms with Crippen molar-refractivity contribution in [1.29, 1.82) is 0 Å². The van der Waals surface area contributed by atoms with Gasteiger partial charge in [0.1, 0.15) is 6.04 Å². The highest BCUT2D eigenvalue weighted by molar-refractivity contribution is 5.88. The molecule has 0 spiro atoms. The first-order chi connectivity index (χ1) is 10.7. The molecule has 0 bridgehead atoms. The summed E-state index contributed by atoms with van der Waals surface area (Å²) in [6.07, 6.45) is -5.41. The highest BCUT2D eigenvalue weighted by Gasteiger charge is 2.40. The van der Waals surface area contributed by atoms with Gasteiger partial charge in [-0.1, -0.05) is 18.2 Å². The first-order valence-electron chi connectivity index (χ1n) is 6.64. The fraction of sp³-hybridized carbons (Fsp3) is 0.267. The van der Waals surface area contributed by atoms with Crippen molar-refractivity contribution in [2.45, 2.75) is 25.6 Å². The van der Waals surface area contributed by atoms with Crippen molar-refractivity contribution in [2.75, 3.05) is 0 Å². The van der Waals surface area contributed by atoms with Crippen LogP contribution in [-0.2, 0) is 16.0 Å². The predicted octanol–water partition coefficient (Wildman–Crippen LogP) is 2.22. The summed E-state index contributed by atoms with van der Waals surface area (Å²) in [4.78, 5) is 26.5. The van der Waals surface area contributed by atoms with Crippen LogP contribution in [0.1, 0.15) is 11.3 Å². The smallest absolute Gasteiger partial charge is 0.471 e. The standard InChI is InChI=1S/C15H13F3N2O3/c1-8-6-9(10-4-2-3-5-11(10)19-8)7-12(13(21)22)20-14(23)15(16,17)18/h2-6,12H,7H2,1H3,(H,20,23)(H,21,22)/t12-/m0/s1. The van der Waals surface area contributed by atoms with Crippen molar-refractivity contribution in [2.24, 2.45) is 0 Å². The Morgan fingerprint density at radius 3 is 2.57 bits per heavy atom. The SMILES string of the molecule is Cc1cc(C[C@H](NC(=O)C(F)(F)F)C(=O)O)c2ccccc2n1. The molecule has 0 aliphatic rings. The highest BCUT2D eigenvalue weighted by atomic mass is 19.4. The number of benzene rings is 1. The van der Waals surface area contributed by atoms with Crippen molar-refractivity contribution in [3.8, 4) is 0 Å². The zero-order chi connectivity index (χ0) is 17.2. The Hall–Kier alpha value is -2.64. The fourth-order valence-corrected chi connectivity index (χ4v) is 2.22. The molecule has 1 aromatic heterocycles. The van der Waals surface area contributed by atoms with Gasteiger partial charge in [0.25, 0.3) is 0 Å². The van der Waals surface area contributed by atoms with Gasteiger partial charge in [-0.3, -0.25) is 9.78 Å². The third kappa shape index (κ3) is 3.97. The zero-order valence-electron chi connectivity index (χ0n) is 12.0. The van der Waals surface area contributed by atoms with Gasteiger partial charge in [0.05, 0.1) is 5.52 Å². The number of carboxylic acid groups (broad SMARTS) is 1. The summed E-state index contributed by atoms with van der Waals surface area (Å²) < 4.78 is 36.9. The summed E-state index contributed by atoms with van der Waals surface area (Å²) in [7, 11) is 0. The minimum Gasteiger partial charge on any atom is -0.480 e. The summed E-state index contributed by atoms with van der Waals surface area (Å²) in [6, 6.07) is 6.79. The molecule has 8 heteroatoms. The molecule has 1 amide bonds. The van der Waals surface area contributed by atoms with Gasteiger partial charge < -0.3 is 10.4 Å². The second-order valence-electron chi connectivity index (χ2n) is 5.01. The van der Waals surface area contributed by atoms with Crippen molar-refractivity contribution < 1.29 is 27.9 Å². The molecule has 0 aliphatic carbocycles. The lowest BCUT2D eigenvalue weighted by Crippen LogP contribution is -2.47. The number of fused-ring (bicyclic) bond motifs is 1. The average Bonchev–Trinajstić information content (AvgIpc) is 2.45. The Bertz CT molecular complexity index is 759. The molecule has 2 N–H and O–H groups in total. The van der Waals surface area contributed by atoms with E-state index in [0.29, 0.717) is 22.2 Å². The average molecular weight is 326 g/mol. The van der Waals surface area contributed by atoms with E-state index >= 15 is 0 Å². The second-order valence-corrected chi connectivity index (χ2v) is 5.01. The van der Waals surface area contributed by atoms with Gasteiger partial charge in [0.15, 0.2) is 0 Å². The van der Waals surface area contributed by atoms with Crippen LogP contribution < -0.4 is 5.32 Å². The van der Waals surface area contributed by atoms with Gasteiger partial charge in [-0.25, -0.2) is 4.79 Å². The van der Waals surface area contributed by atoms with E-state index in [1.165, 1.54) is 5.32 Å². The lowest BCUT2D eigenvalue weighted by atomic mass is 10.0. The number of rotatable bonds is 4. The summed E-state index contributed by atoms with van der Waals surface area (Å²) in [5.74, 6) is -3.82. The van der Waals surface area contributed by atoms with Gasteiger partial charge >= 0.3 is 18.1 Å². The topological polar surface area (TPSA) is 79.3 Å². The Labute approximate surface area is 129 Å². The molecule has 2 rings (SSSR count). The van der Waals surface area contributed by atoms with Gasteiger partial charge in [-0.05, 0) is 24.6 Å². The number of aryl methyl sites for hydroxylation is 1. The van der Waals surface area contributed by atoms with E-state index in [1.54, 1.807) is 37.3 Å². The molecule has 0 aliphatic heterocycles. The summed E-state index contributed by atoms with van der Waals surface area (Å²) >= 11 is 0. The van der Waals surface area contributed by atoms with Crippen LogP contribution in [0, 0.1) is 6.92 Å². The van der Waals surface area contributed by atoms with Crippen LogP contribution in [0.4, 0.5) is 13.2 Å². The van der Waals surface area contributed by atoms with Crippen molar-refractivity contribution in [1.82, 2.24) is 10.3 Å². The minimum atomic E-state index is -5.13. The molecule has 0 saturated heterocycles. The molecule has 1 aromatic carbocycles. The maximum Gasteiger partial charge on any atom is 0.471 e. The van der Waals surface area contributed by atoms with Crippen LogP contribution in [0.25, 0.3) is 10.9 Å². The summed E-state index contributed by atoms with van der Waals surface area (Å²) in [5, 5.41) is 11.2. The molecule has 0 fully saturated rings. The van der Waals surface area contributed by atoms with E-state index in [2.05, 4.69) is 4.98 Å². The molecule has 23 heavy (non-hydrogen) atoms. The number of carboxylic acids is 1. The number of alkyl halides is 3. The van der Waals surface area contributed by atoms with Gasteiger partial charge in [-0.2, -0.15) is 13.2 Å². The van der Waals surface area contributed by atoms with Crippen LogP contribution in [0.3, 0.4) is 0 Å². The van der Waals surface area contributed by atoms with Crippen LogP contribution in [0.2, 0.25) is 0 Å². The van der Waals surface area contributed by atoms with E-state index < -0.39 is 24.1 Å². The molecular formula is C15H13F3N2O3. The van der Waals surface area contributed by atoms with E-state index in [4.69, 9.17) is 5.11 Å². The van der Waals surface area contributed by atoms with Crippen LogP contribution in [-0.4, -0.2) is 34.2 Å². The van der Waals surface area contributed by atoms with E-state index in [9.17, 15) is 22.8 Å². The lowest BCUT2D eigenvalue weighted by molar-refractivity contribution is -0.175. The number of halogens is 3. The monoisotopic (exact) mass is 326 g/mol. The number of carbonyl (C=O) groups is 2. The maximum atomic E-state index is 12.3. The Balaban J connectivity index is 2.34. The number of hydrogen-bond donors (Lipinski definition) is 2. The molecule has 0 unspecified atom stereocenters. The maximum absolute atomic E-state index is 12.3. The number of pyridine rings is 1. The molecule has 5 nitrogen and oxygen atoms in total. The Kier molecular flexibility index (Phi) is 4.53. The second kappa shape index (κ2) is 6.23. The van der Waals surface area contributed by atoms with Crippen LogP contribution in [0.5, 0.6) is 0 Å². The number of aliphatic carboxylic acids is 1. The van der Waals surface area contributed by atoms with Gasteiger partial charge in [0, 0.05) is 17.5 Å². The van der Waals surface area contributed by atoms with Crippen molar-refractivity contribution in [3.63, 3.8) is 0 Å². The first kappa shape index (κ1) is 16.7. The summed E-state index contributed by atoms with van der Waals surface area (Å²) in [5.41, 5.74) is 1.71.